The molecule has 1 atom stereocenters. The molecular weight excluding hydrogens is 276 g/mol. The van der Waals surface area contributed by atoms with Crippen molar-refractivity contribution in [2.45, 2.75) is 50.5 Å². The Morgan fingerprint density at radius 1 is 1.29 bits per heavy atom. The number of alkyl halides is 1. The van der Waals surface area contributed by atoms with Crippen LogP contribution in [0.4, 0.5) is 0 Å². The number of hydrogen-bond donors (Lipinski definition) is 0. The van der Waals surface area contributed by atoms with E-state index in [1.54, 1.807) is 0 Å². The van der Waals surface area contributed by atoms with E-state index in [1.807, 2.05) is 6.07 Å². The van der Waals surface area contributed by atoms with Gasteiger partial charge in [-0.3, -0.25) is 0 Å². The van der Waals surface area contributed by atoms with Crippen LogP contribution in [0.2, 0.25) is 0 Å². The van der Waals surface area contributed by atoms with Gasteiger partial charge in [0.05, 0.1) is 6.10 Å². The average molecular weight is 297 g/mol. The number of benzene rings is 1. The van der Waals surface area contributed by atoms with Crippen LogP contribution in [-0.2, 0) is 6.42 Å². The summed E-state index contributed by atoms with van der Waals surface area (Å²) in [5.74, 6) is 1.98. The minimum atomic E-state index is 0.249. The topological polar surface area (TPSA) is 9.23 Å². The van der Waals surface area contributed by atoms with E-state index in [0.717, 1.165) is 18.1 Å². The minimum Gasteiger partial charge on any atom is -0.491 e. The average Bonchev–Trinajstić information content (AvgIpc) is 3.10. The van der Waals surface area contributed by atoms with E-state index < -0.39 is 0 Å². The molecule has 1 aromatic rings. The van der Waals surface area contributed by atoms with Crippen LogP contribution in [0, 0.1) is 5.92 Å². The Morgan fingerprint density at radius 2 is 2.00 bits per heavy atom. The maximum absolute atomic E-state index is 5.84. The lowest BCUT2D eigenvalue weighted by molar-refractivity contribution is 0.240. The van der Waals surface area contributed by atoms with Crippen molar-refractivity contribution < 1.29 is 4.74 Å². The van der Waals surface area contributed by atoms with Crippen LogP contribution >= 0.6 is 15.9 Å². The molecule has 2 heteroatoms. The predicted molar refractivity (Wildman–Crippen MR) is 76.0 cm³/mol. The first kappa shape index (κ1) is 12.9. The predicted octanol–water partition coefficient (Wildman–Crippen LogP) is 4.58. The van der Waals surface area contributed by atoms with Gasteiger partial charge in [-0.05, 0) is 57.1 Å². The van der Waals surface area contributed by atoms with Crippen molar-refractivity contribution >= 4 is 15.9 Å². The first-order chi connectivity index (χ1) is 8.16. The summed E-state index contributed by atoms with van der Waals surface area (Å²) in [5.41, 5.74) is 1.34. The van der Waals surface area contributed by atoms with E-state index in [0.29, 0.717) is 4.83 Å². The van der Waals surface area contributed by atoms with Gasteiger partial charge in [0.15, 0.2) is 0 Å². The number of halogens is 1. The molecule has 1 unspecified atom stereocenters. The second-order valence-electron chi connectivity index (χ2n) is 5.17. The van der Waals surface area contributed by atoms with Crippen LogP contribution in [0.25, 0.3) is 0 Å². The van der Waals surface area contributed by atoms with Crippen LogP contribution in [0.15, 0.2) is 24.3 Å². The highest BCUT2D eigenvalue weighted by Gasteiger charge is 2.28. The Kier molecular flexibility index (Phi) is 4.49. The molecule has 0 radical (unpaired) electrons. The van der Waals surface area contributed by atoms with Crippen molar-refractivity contribution in [1.29, 1.82) is 0 Å². The van der Waals surface area contributed by atoms with E-state index in [2.05, 4.69) is 48.0 Å². The van der Waals surface area contributed by atoms with E-state index >= 15 is 0 Å². The third kappa shape index (κ3) is 4.02. The van der Waals surface area contributed by atoms with Crippen LogP contribution in [-0.4, -0.2) is 10.9 Å². The molecule has 0 amide bonds. The van der Waals surface area contributed by atoms with Crippen LogP contribution in [0.5, 0.6) is 5.75 Å². The van der Waals surface area contributed by atoms with E-state index in [4.69, 9.17) is 4.74 Å². The molecule has 94 valence electrons. The standard InChI is InChI=1S/C15H21BrO/c1-11(2)17-15-6-4-3-5-13(15)9-10-14(16)12-7-8-12/h3-6,11-12,14H,7-10H2,1-2H3. The number of ether oxygens (including phenoxy) is 1. The minimum absolute atomic E-state index is 0.249. The normalized spacial score (nSPS) is 17.2. The lowest BCUT2D eigenvalue weighted by atomic mass is 10.1. The van der Waals surface area contributed by atoms with E-state index in [-0.39, 0.29) is 6.10 Å². The number of aryl methyl sites for hydroxylation is 1. The Balaban J connectivity index is 1.93. The molecule has 0 bridgehead atoms. The van der Waals surface area contributed by atoms with Crippen molar-refractivity contribution in [3.05, 3.63) is 29.8 Å². The molecule has 0 spiro atoms. The molecule has 17 heavy (non-hydrogen) atoms. The van der Waals surface area contributed by atoms with Crippen LogP contribution < -0.4 is 4.74 Å². The van der Waals surface area contributed by atoms with Gasteiger partial charge in [0.25, 0.3) is 0 Å². The van der Waals surface area contributed by atoms with Crippen molar-refractivity contribution in [3.8, 4) is 5.75 Å². The van der Waals surface area contributed by atoms with Crippen LogP contribution in [0.1, 0.15) is 38.7 Å². The molecular formula is C15H21BrO. The van der Waals surface area contributed by atoms with Gasteiger partial charge in [-0.2, -0.15) is 0 Å². The second-order valence-corrected chi connectivity index (χ2v) is 6.34. The highest BCUT2D eigenvalue weighted by molar-refractivity contribution is 9.09. The van der Waals surface area contributed by atoms with E-state index in [1.165, 1.54) is 24.8 Å². The second kappa shape index (κ2) is 5.90. The number of hydrogen-bond acceptors (Lipinski definition) is 1. The third-order valence-electron chi connectivity index (χ3n) is 3.16. The molecule has 1 fully saturated rings. The molecule has 1 nitrogen and oxygen atoms in total. The zero-order chi connectivity index (χ0) is 12.3. The van der Waals surface area contributed by atoms with Gasteiger partial charge in [-0.1, -0.05) is 34.1 Å². The summed E-state index contributed by atoms with van der Waals surface area (Å²) < 4.78 is 5.84. The fourth-order valence-corrected chi connectivity index (χ4v) is 2.82. The Morgan fingerprint density at radius 3 is 2.65 bits per heavy atom. The van der Waals surface area contributed by atoms with Gasteiger partial charge in [0.2, 0.25) is 0 Å². The van der Waals surface area contributed by atoms with Gasteiger partial charge < -0.3 is 4.74 Å². The molecule has 1 saturated carbocycles. The monoisotopic (exact) mass is 296 g/mol. The van der Waals surface area contributed by atoms with Gasteiger partial charge >= 0.3 is 0 Å². The Labute approximate surface area is 113 Å². The lowest BCUT2D eigenvalue weighted by Gasteiger charge is -2.15. The van der Waals surface area contributed by atoms with E-state index in [9.17, 15) is 0 Å². The quantitative estimate of drug-likeness (QED) is 0.698. The summed E-state index contributed by atoms with van der Waals surface area (Å²) in [6.45, 7) is 4.16. The fourth-order valence-electron chi connectivity index (χ4n) is 2.07. The fraction of sp³-hybridized carbons (Fsp3) is 0.600. The smallest absolute Gasteiger partial charge is 0.122 e. The lowest BCUT2D eigenvalue weighted by Crippen LogP contribution is -2.08. The largest absolute Gasteiger partial charge is 0.491 e. The molecule has 0 aromatic heterocycles. The van der Waals surface area contributed by atoms with Crippen LogP contribution in [0.3, 0.4) is 0 Å². The molecule has 0 N–H and O–H groups in total. The van der Waals surface area contributed by atoms with Crippen molar-refractivity contribution in [3.63, 3.8) is 0 Å². The first-order valence-corrected chi connectivity index (χ1v) is 7.47. The molecule has 1 aromatic carbocycles. The van der Waals surface area contributed by atoms with Crippen molar-refractivity contribution in [2.24, 2.45) is 5.92 Å². The summed E-state index contributed by atoms with van der Waals surface area (Å²) in [7, 11) is 0. The molecule has 1 aliphatic carbocycles. The number of rotatable bonds is 6. The summed E-state index contributed by atoms with van der Waals surface area (Å²) in [4.78, 5) is 0.689. The van der Waals surface area contributed by atoms with Gasteiger partial charge in [0, 0.05) is 4.83 Å². The van der Waals surface area contributed by atoms with Crippen molar-refractivity contribution in [2.75, 3.05) is 0 Å². The highest BCUT2D eigenvalue weighted by atomic mass is 79.9. The first-order valence-electron chi connectivity index (χ1n) is 6.55. The Hall–Kier alpha value is -0.500. The summed E-state index contributed by atoms with van der Waals surface area (Å²) >= 11 is 3.80. The molecule has 0 aliphatic heterocycles. The number of para-hydroxylation sites is 1. The zero-order valence-corrected chi connectivity index (χ0v) is 12.2. The molecule has 1 aliphatic rings. The Bertz CT molecular complexity index is 358. The van der Waals surface area contributed by atoms with Crippen molar-refractivity contribution in [1.82, 2.24) is 0 Å². The molecule has 2 rings (SSSR count). The zero-order valence-electron chi connectivity index (χ0n) is 10.7. The summed E-state index contributed by atoms with van der Waals surface area (Å²) in [6, 6.07) is 8.41. The molecule has 0 heterocycles. The van der Waals surface area contributed by atoms with Gasteiger partial charge in [-0.15, -0.1) is 0 Å². The maximum atomic E-state index is 5.84. The highest BCUT2D eigenvalue weighted by Crippen LogP contribution is 2.39. The van der Waals surface area contributed by atoms with Gasteiger partial charge in [-0.25, -0.2) is 0 Å². The maximum Gasteiger partial charge on any atom is 0.122 e. The van der Waals surface area contributed by atoms with Gasteiger partial charge in [0.1, 0.15) is 5.75 Å². The molecule has 0 saturated heterocycles. The summed E-state index contributed by atoms with van der Waals surface area (Å²) in [6.07, 6.45) is 5.37. The summed E-state index contributed by atoms with van der Waals surface area (Å²) in [5, 5.41) is 0. The third-order valence-corrected chi connectivity index (χ3v) is 4.36. The SMILES string of the molecule is CC(C)Oc1ccccc1CCC(Br)C1CC1.